The normalized spacial score (nSPS) is 30.7. The standard InChI is InChI=1S/C28H38N2O/c1-27(2)14-23-15-28(3,18-27)19-30(23)16-22-12-21-10-11-29(4)17-25(24(21)13-26(22)31)20-8-6-5-7-9-20/h5-9,12-13,23,25,31H,10-11,14-19H2,1-4H3/t23-,25?,28-/m1/s1. The van der Waals surface area contributed by atoms with Gasteiger partial charge in [-0.25, -0.2) is 0 Å². The monoisotopic (exact) mass is 418 g/mol. The molecule has 0 spiro atoms. The number of aromatic hydroxyl groups is 1. The van der Waals surface area contributed by atoms with Gasteiger partial charge < -0.3 is 10.0 Å². The Morgan fingerprint density at radius 1 is 1.06 bits per heavy atom. The zero-order valence-corrected chi connectivity index (χ0v) is 19.7. The van der Waals surface area contributed by atoms with Crippen molar-refractivity contribution >= 4 is 0 Å². The van der Waals surface area contributed by atoms with Gasteiger partial charge >= 0.3 is 0 Å². The summed E-state index contributed by atoms with van der Waals surface area (Å²) in [6, 6.07) is 15.9. The van der Waals surface area contributed by atoms with E-state index in [2.05, 4.69) is 80.1 Å². The van der Waals surface area contributed by atoms with Crippen LogP contribution in [0.25, 0.3) is 0 Å². The van der Waals surface area contributed by atoms with Gasteiger partial charge in [0.2, 0.25) is 0 Å². The van der Waals surface area contributed by atoms with E-state index in [1.807, 2.05) is 0 Å². The molecule has 1 N–H and O–H groups in total. The Morgan fingerprint density at radius 2 is 1.84 bits per heavy atom. The van der Waals surface area contributed by atoms with E-state index in [0.717, 1.165) is 38.2 Å². The highest BCUT2D eigenvalue weighted by atomic mass is 16.3. The minimum absolute atomic E-state index is 0.314. The molecule has 166 valence electrons. The molecule has 3 atom stereocenters. The molecule has 2 heterocycles. The van der Waals surface area contributed by atoms with Crippen molar-refractivity contribution in [2.24, 2.45) is 10.8 Å². The Kier molecular flexibility index (Phi) is 5.18. The van der Waals surface area contributed by atoms with Crippen LogP contribution in [-0.4, -0.2) is 47.6 Å². The maximum absolute atomic E-state index is 11.1. The summed E-state index contributed by atoms with van der Waals surface area (Å²) in [4.78, 5) is 5.09. The van der Waals surface area contributed by atoms with E-state index in [0.29, 0.717) is 28.5 Å². The first-order chi connectivity index (χ1) is 14.7. The molecule has 3 aliphatic rings. The molecular formula is C28H38N2O. The predicted octanol–water partition coefficient (Wildman–Crippen LogP) is 5.41. The third-order valence-corrected chi connectivity index (χ3v) is 8.07. The molecule has 3 heteroatoms. The van der Waals surface area contributed by atoms with Crippen LogP contribution in [0, 0.1) is 10.8 Å². The van der Waals surface area contributed by atoms with Gasteiger partial charge in [-0.15, -0.1) is 0 Å². The van der Waals surface area contributed by atoms with Crippen molar-refractivity contribution in [3.05, 3.63) is 64.7 Å². The number of likely N-dealkylation sites (tertiary alicyclic amines) is 1. The van der Waals surface area contributed by atoms with Crippen LogP contribution in [0.3, 0.4) is 0 Å². The molecule has 2 bridgehead atoms. The molecule has 0 amide bonds. The Balaban J connectivity index is 1.45. The number of phenolic OH excluding ortho intramolecular Hbond substituents is 1. The Labute approximate surface area is 188 Å². The summed E-state index contributed by atoms with van der Waals surface area (Å²) in [7, 11) is 2.22. The first kappa shape index (κ1) is 21.0. The third-order valence-electron chi connectivity index (χ3n) is 8.07. The van der Waals surface area contributed by atoms with E-state index < -0.39 is 0 Å². The summed E-state index contributed by atoms with van der Waals surface area (Å²) < 4.78 is 0. The van der Waals surface area contributed by atoms with Gasteiger partial charge in [0.15, 0.2) is 0 Å². The number of nitrogens with zero attached hydrogens (tertiary/aromatic N) is 2. The van der Waals surface area contributed by atoms with Crippen LogP contribution in [-0.2, 0) is 13.0 Å². The maximum atomic E-state index is 11.1. The van der Waals surface area contributed by atoms with Crippen molar-refractivity contribution < 1.29 is 5.11 Å². The maximum Gasteiger partial charge on any atom is 0.120 e. The lowest BCUT2D eigenvalue weighted by Crippen LogP contribution is -2.34. The number of hydrogen-bond acceptors (Lipinski definition) is 3. The second-order valence-corrected chi connectivity index (χ2v) is 11.8. The summed E-state index contributed by atoms with van der Waals surface area (Å²) in [5.41, 5.74) is 6.03. The zero-order valence-electron chi connectivity index (χ0n) is 19.7. The van der Waals surface area contributed by atoms with Gasteiger partial charge in [-0.05, 0) is 66.3 Å². The van der Waals surface area contributed by atoms with Gasteiger partial charge in [0, 0.05) is 43.7 Å². The van der Waals surface area contributed by atoms with E-state index in [1.165, 1.54) is 36.0 Å². The molecule has 2 fully saturated rings. The average Bonchev–Trinajstić information content (AvgIpc) is 2.83. The number of likely N-dealkylation sites (N-methyl/N-ethyl adjacent to an activating group) is 1. The molecule has 2 aliphatic heterocycles. The summed E-state index contributed by atoms with van der Waals surface area (Å²) >= 11 is 0. The largest absolute Gasteiger partial charge is 0.508 e. The lowest BCUT2D eigenvalue weighted by molar-refractivity contribution is 0.126. The molecule has 2 aromatic carbocycles. The second kappa shape index (κ2) is 7.64. The number of hydrogen-bond donors (Lipinski definition) is 1. The van der Waals surface area contributed by atoms with Crippen LogP contribution in [0.2, 0.25) is 0 Å². The van der Waals surface area contributed by atoms with Crippen LogP contribution in [0.5, 0.6) is 5.75 Å². The zero-order chi connectivity index (χ0) is 21.8. The van der Waals surface area contributed by atoms with E-state index in [1.54, 1.807) is 0 Å². The number of phenols is 1. The summed E-state index contributed by atoms with van der Waals surface area (Å²) in [5, 5.41) is 11.1. The fraction of sp³-hybridized carbons (Fsp3) is 0.571. The van der Waals surface area contributed by atoms with E-state index in [-0.39, 0.29) is 0 Å². The van der Waals surface area contributed by atoms with Gasteiger partial charge in [-0.1, -0.05) is 57.2 Å². The first-order valence-electron chi connectivity index (χ1n) is 12.0. The van der Waals surface area contributed by atoms with Crippen LogP contribution in [0.4, 0.5) is 0 Å². The smallest absolute Gasteiger partial charge is 0.120 e. The lowest BCUT2D eigenvalue weighted by atomic mass is 9.65. The van der Waals surface area contributed by atoms with E-state index in [4.69, 9.17) is 0 Å². The minimum atomic E-state index is 0.314. The molecule has 1 unspecified atom stereocenters. The molecule has 0 radical (unpaired) electrons. The Hall–Kier alpha value is -1.84. The fourth-order valence-corrected chi connectivity index (χ4v) is 7.13. The van der Waals surface area contributed by atoms with Crippen molar-refractivity contribution in [2.75, 3.05) is 26.7 Å². The molecule has 2 aromatic rings. The van der Waals surface area contributed by atoms with Crippen molar-refractivity contribution in [3.8, 4) is 5.75 Å². The molecule has 3 nitrogen and oxygen atoms in total. The topological polar surface area (TPSA) is 26.7 Å². The molecule has 1 saturated carbocycles. The number of fused-ring (bicyclic) bond motifs is 3. The Morgan fingerprint density at radius 3 is 2.61 bits per heavy atom. The molecule has 1 aliphatic carbocycles. The second-order valence-electron chi connectivity index (χ2n) is 11.8. The van der Waals surface area contributed by atoms with E-state index >= 15 is 0 Å². The van der Waals surface area contributed by atoms with Crippen molar-refractivity contribution in [2.45, 2.75) is 65.0 Å². The first-order valence-corrected chi connectivity index (χ1v) is 12.0. The van der Waals surface area contributed by atoms with Crippen LogP contribution in [0.15, 0.2) is 42.5 Å². The number of benzene rings is 2. The average molecular weight is 419 g/mol. The summed E-state index contributed by atoms with van der Waals surface area (Å²) in [6.45, 7) is 11.4. The lowest BCUT2D eigenvalue weighted by Gasteiger charge is -2.40. The van der Waals surface area contributed by atoms with Crippen LogP contribution < -0.4 is 0 Å². The van der Waals surface area contributed by atoms with E-state index in [9.17, 15) is 5.11 Å². The molecule has 5 rings (SSSR count). The van der Waals surface area contributed by atoms with Gasteiger partial charge in [0.25, 0.3) is 0 Å². The van der Waals surface area contributed by atoms with Crippen LogP contribution in [0.1, 0.15) is 68.2 Å². The summed E-state index contributed by atoms with van der Waals surface area (Å²) in [5.74, 6) is 0.796. The van der Waals surface area contributed by atoms with Gasteiger partial charge in [-0.3, -0.25) is 4.90 Å². The highest BCUT2D eigenvalue weighted by molar-refractivity contribution is 5.47. The van der Waals surface area contributed by atoms with Gasteiger partial charge in [0.05, 0.1) is 0 Å². The highest BCUT2D eigenvalue weighted by Crippen LogP contribution is 2.53. The molecule has 31 heavy (non-hydrogen) atoms. The fourth-order valence-electron chi connectivity index (χ4n) is 7.13. The Bertz CT molecular complexity index is 953. The number of rotatable bonds is 3. The quantitative estimate of drug-likeness (QED) is 0.722. The molecule has 0 aromatic heterocycles. The predicted molar refractivity (Wildman–Crippen MR) is 128 cm³/mol. The van der Waals surface area contributed by atoms with Crippen molar-refractivity contribution in [1.29, 1.82) is 0 Å². The van der Waals surface area contributed by atoms with Crippen LogP contribution >= 0.6 is 0 Å². The van der Waals surface area contributed by atoms with Gasteiger partial charge in [-0.2, -0.15) is 0 Å². The molecule has 1 saturated heterocycles. The SMILES string of the molecule is CN1CCc2cc(CN3C[C@]4(C)C[C@H]3CC(C)(C)C4)c(O)cc2C(c2ccccc2)C1. The molecular weight excluding hydrogens is 380 g/mol. The van der Waals surface area contributed by atoms with Crippen molar-refractivity contribution in [3.63, 3.8) is 0 Å². The van der Waals surface area contributed by atoms with Crippen molar-refractivity contribution in [1.82, 2.24) is 9.80 Å². The highest BCUT2D eigenvalue weighted by Gasteiger charge is 2.49. The minimum Gasteiger partial charge on any atom is -0.508 e. The van der Waals surface area contributed by atoms with Gasteiger partial charge in [0.1, 0.15) is 5.75 Å². The summed E-state index contributed by atoms with van der Waals surface area (Å²) in [6.07, 6.45) is 4.95. The third kappa shape index (κ3) is 4.15.